The van der Waals surface area contributed by atoms with Crippen LogP contribution in [-0.2, 0) is 0 Å². The number of fused-ring (bicyclic) bond motifs is 1. The lowest BCUT2D eigenvalue weighted by atomic mass is 9.88. The van der Waals surface area contributed by atoms with Gasteiger partial charge >= 0.3 is 0 Å². The van der Waals surface area contributed by atoms with Gasteiger partial charge in [0, 0.05) is 48.2 Å². The zero-order valence-corrected chi connectivity index (χ0v) is 21.8. The highest BCUT2D eigenvalue weighted by Gasteiger charge is 2.42. The molecule has 2 saturated heterocycles. The second kappa shape index (κ2) is 9.69. The van der Waals surface area contributed by atoms with Crippen LogP contribution in [0.5, 0.6) is 5.75 Å². The number of carbonyl (C=O) groups is 1. The van der Waals surface area contributed by atoms with E-state index >= 15 is 0 Å². The third kappa shape index (κ3) is 4.84. The van der Waals surface area contributed by atoms with Crippen LogP contribution in [0.4, 0.5) is 11.4 Å². The molecule has 3 N–H and O–H groups in total. The quantitative estimate of drug-likeness (QED) is 0.581. The largest absolute Gasteiger partial charge is 0.485 e. The lowest BCUT2D eigenvalue weighted by Crippen LogP contribution is -2.48. The molecule has 2 aromatic carbocycles. The molecule has 3 aliphatic heterocycles. The first-order chi connectivity index (χ1) is 17.1. The summed E-state index contributed by atoms with van der Waals surface area (Å²) in [5.41, 5.74) is 2.90. The molecule has 2 fully saturated rings. The number of anilines is 2. The minimum absolute atomic E-state index is 0.263. The number of amides is 1. The molecule has 4 atom stereocenters. The number of aliphatic hydroxyl groups is 2. The van der Waals surface area contributed by atoms with Crippen LogP contribution in [0.2, 0.25) is 0 Å². The van der Waals surface area contributed by atoms with Crippen molar-refractivity contribution in [1.29, 1.82) is 0 Å². The van der Waals surface area contributed by atoms with Crippen LogP contribution >= 0.6 is 0 Å². The zero-order valence-electron chi connectivity index (χ0n) is 21.8. The Morgan fingerprint density at radius 3 is 2.67 bits per heavy atom. The number of rotatable bonds is 5. The van der Waals surface area contributed by atoms with Gasteiger partial charge in [-0.15, -0.1) is 0 Å². The Bertz CT molecular complexity index is 1130. The van der Waals surface area contributed by atoms with E-state index in [9.17, 15) is 15.0 Å². The normalized spacial score (nSPS) is 27.6. The monoisotopic (exact) mass is 493 g/mol. The second-order valence-electron chi connectivity index (χ2n) is 11.4. The molecular formula is C29H39N3O4. The summed E-state index contributed by atoms with van der Waals surface area (Å²) in [6, 6.07) is 11.9. The predicted molar refractivity (Wildman–Crippen MR) is 142 cm³/mol. The molecule has 0 spiro atoms. The van der Waals surface area contributed by atoms with Crippen LogP contribution in [0.1, 0.15) is 67.6 Å². The average molecular weight is 494 g/mol. The molecular weight excluding hydrogens is 454 g/mol. The molecule has 3 heterocycles. The Kier molecular flexibility index (Phi) is 6.74. The Morgan fingerprint density at radius 2 is 1.94 bits per heavy atom. The van der Waals surface area contributed by atoms with E-state index in [4.69, 9.17) is 4.74 Å². The van der Waals surface area contributed by atoms with Crippen molar-refractivity contribution in [2.24, 2.45) is 5.92 Å². The first-order valence-corrected chi connectivity index (χ1v) is 13.2. The molecule has 194 valence electrons. The van der Waals surface area contributed by atoms with Gasteiger partial charge in [0.2, 0.25) is 0 Å². The maximum absolute atomic E-state index is 13.0. The molecule has 0 radical (unpaired) electrons. The first kappa shape index (κ1) is 25.1. The number of benzene rings is 2. The fourth-order valence-electron chi connectivity index (χ4n) is 5.90. The zero-order chi connectivity index (χ0) is 25.6. The van der Waals surface area contributed by atoms with Crippen molar-refractivity contribution in [3.63, 3.8) is 0 Å². The molecule has 36 heavy (non-hydrogen) atoms. The highest BCUT2D eigenvalue weighted by atomic mass is 16.5. The summed E-state index contributed by atoms with van der Waals surface area (Å²) in [6.45, 7) is 12.4. The van der Waals surface area contributed by atoms with Crippen LogP contribution < -0.4 is 15.0 Å². The Hall–Kier alpha value is -2.61. The molecule has 0 saturated carbocycles. The number of carbonyl (C=O) groups excluding carboxylic acids is 1. The number of nitrogens with zero attached hydrogens (tertiary/aromatic N) is 2. The summed E-state index contributed by atoms with van der Waals surface area (Å²) in [6.07, 6.45) is 1.67. The summed E-state index contributed by atoms with van der Waals surface area (Å²) in [4.78, 5) is 18.1. The van der Waals surface area contributed by atoms with Gasteiger partial charge in [-0.25, -0.2) is 0 Å². The third-order valence-corrected chi connectivity index (χ3v) is 8.27. The van der Waals surface area contributed by atoms with E-state index in [1.807, 2.05) is 13.0 Å². The molecule has 5 rings (SSSR count). The van der Waals surface area contributed by atoms with Gasteiger partial charge in [-0.1, -0.05) is 0 Å². The fourth-order valence-corrected chi connectivity index (χ4v) is 5.90. The summed E-state index contributed by atoms with van der Waals surface area (Å²) < 4.78 is 5.84. The Labute approximate surface area is 214 Å². The van der Waals surface area contributed by atoms with E-state index in [1.54, 1.807) is 32.0 Å². The number of hydrogen-bond acceptors (Lipinski definition) is 6. The molecule has 7 nitrogen and oxygen atoms in total. The van der Waals surface area contributed by atoms with E-state index < -0.39 is 17.8 Å². The minimum atomic E-state index is -1.12. The number of aryl methyl sites for hydroxylation is 1. The summed E-state index contributed by atoms with van der Waals surface area (Å²) in [5.74, 6) is 0.928. The second-order valence-corrected chi connectivity index (χ2v) is 11.4. The SMILES string of the molecule is Cc1cc(N2CCC(CN3CCCC3C)C2)ccc1NC(=O)c1ccc2c(c1)C(O)C(O)C(C)(C)O2. The van der Waals surface area contributed by atoms with Gasteiger partial charge in [-0.3, -0.25) is 4.79 Å². The summed E-state index contributed by atoms with van der Waals surface area (Å²) in [7, 11) is 0. The maximum Gasteiger partial charge on any atom is 0.255 e. The molecule has 7 heteroatoms. The first-order valence-electron chi connectivity index (χ1n) is 13.2. The van der Waals surface area contributed by atoms with Crippen molar-refractivity contribution >= 4 is 17.3 Å². The van der Waals surface area contributed by atoms with Crippen molar-refractivity contribution in [1.82, 2.24) is 4.90 Å². The smallest absolute Gasteiger partial charge is 0.255 e. The number of nitrogens with one attached hydrogen (secondary N) is 1. The summed E-state index contributed by atoms with van der Waals surface area (Å²) >= 11 is 0. The summed E-state index contributed by atoms with van der Waals surface area (Å²) in [5, 5.41) is 24.0. The van der Waals surface area contributed by atoms with Gasteiger partial charge in [0.05, 0.1) is 0 Å². The Morgan fingerprint density at radius 1 is 1.14 bits per heavy atom. The van der Waals surface area contributed by atoms with Crippen molar-refractivity contribution in [2.45, 2.75) is 70.8 Å². The van der Waals surface area contributed by atoms with Crippen LogP contribution in [0.15, 0.2) is 36.4 Å². The minimum Gasteiger partial charge on any atom is -0.485 e. The highest BCUT2D eigenvalue weighted by molar-refractivity contribution is 6.05. The predicted octanol–water partition coefficient (Wildman–Crippen LogP) is 4.12. The lowest BCUT2D eigenvalue weighted by molar-refractivity contribution is -0.111. The number of hydrogen-bond donors (Lipinski definition) is 3. The Balaban J connectivity index is 1.24. The van der Waals surface area contributed by atoms with Crippen molar-refractivity contribution in [3.8, 4) is 5.75 Å². The van der Waals surface area contributed by atoms with E-state index in [2.05, 4.69) is 34.2 Å². The average Bonchev–Trinajstić information content (AvgIpc) is 3.48. The number of ether oxygens (including phenoxy) is 1. The molecule has 0 aromatic heterocycles. The topological polar surface area (TPSA) is 85.3 Å². The van der Waals surface area contributed by atoms with Gasteiger partial charge in [0.25, 0.3) is 5.91 Å². The third-order valence-electron chi connectivity index (χ3n) is 8.27. The van der Waals surface area contributed by atoms with Crippen LogP contribution in [0, 0.1) is 12.8 Å². The van der Waals surface area contributed by atoms with Gasteiger partial charge in [-0.2, -0.15) is 0 Å². The molecule has 4 unspecified atom stereocenters. The highest BCUT2D eigenvalue weighted by Crippen LogP contribution is 2.40. The molecule has 0 bridgehead atoms. The van der Waals surface area contributed by atoms with Crippen molar-refractivity contribution < 1.29 is 19.7 Å². The van der Waals surface area contributed by atoms with Crippen LogP contribution in [0.25, 0.3) is 0 Å². The van der Waals surface area contributed by atoms with Crippen LogP contribution in [-0.4, -0.2) is 64.9 Å². The van der Waals surface area contributed by atoms with Crippen LogP contribution in [0.3, 0.4) is 0 Å². The van der Waals surface area contributed by atoms with Gasteiger partial charge < -0.3 is 30.1 Å². The van der Waals surface area contributed by atoms with E-state index in [0.717, 1.165) is 24.3 Å². The van der Waals surface area contributed by atoms with Gasteiger partial charge in [0.1, 0.15) is 23.6 Å². The van der Waals surface area contributed by atoms with Gasteiger partial charge in [0.15, 0.2) is 0 Å². The maximum atomic E-state index is 13.0. The fraction of sp³-hybridized carbons (Fsp3) is 0.552. The van der Waals surface area contributed by atoms with Gasteiger partial charge in [-0.05, 0) is 101 Å². The van der Waals surface area contributed by atoms with E-state index in [-0.39, 0.29) is 5.91 Å². The van der Waals surface area contributed by atoms with E-state index in [1.165, 1.54) is 38.0 Å². The number of aliphatic hydroxyl groups excluding tert-OH is 2. The number of likely N-dealkylation sites (tertiary alicyclic amines) is 1. The molecule has 2 aromatic rings. The van der Waals surface area contributed by atoms with E-state index in [0.29, 0.717) is 28.8 Å². The molecule has 1 amide bonds. The molecule has 3 aliphatic rings. The standard InChI is InChI=1S/C29H39N3O4/c1-18-14-22(32-13-11-20(17-32)16-31-12-5-6-19(31)2)8-9-24(18)30-28(35)21-7-10-25-23(15-21)26(33)27(34)29(3,4)36-25/h7-10,14-15,19-20,26-27,33-34H,5-6,11-13,16-17H2,1-4H3,(H,30,35). The van der Waals surface area contributed by atoms with Crippen molar-refractivity contribution in [3.05, 3.63) is 53.1 Å². The molecule has 0 aliphatic carbocycles. The lowest BCUT2D eigenvalue weighted by Gasteiger charge is -2.40. The van der Waals surface area contributed by atoms with Crippen molar-refractivity contribution in [2.75, 3.05) is 36.4 Å².